The molecule has 0 bridgehead atoms. The molecule has 2 heterocycles. The number of aliphatic hydroxyl groups excluding tert-OH is 1. The molecule has 0 aliphatic carbocycles. The minimum absolute atomic E-state index is 0.00137. The Kier molecular flexibility index (Phi) is 5.24. The number of pyridine rings is 1. The number of rotatable bonds is 4. The predicted molar refractivity (Wildman–Crippen MR) is 76.1 cm³/mol. The Balaban J connectivity index is 2.07. The lowest BCUT2D eigenvalue weighted by molar-refractivity contribution is 0.0945. The second-order valence-corrected chi connectivity index (χ2v) is 4.56. The Morgan fingerprint density at radius 2 is 2.35 bits per heavy atom. The van der Waals surface area contributed by atoms with E-state index in [4.69, 9.17) is 5.11 Å². The fourth-order valence-electron chi connectivity index (χ4n) is 1.48. The smallest absolute Gasteiger partial charge is 0.271 e. The van der Waals surface area contributed by atoms with Crippen LogP contribution in [0.2, 0.25) is 0 Å². The molecule has 0 aliphatic rings. The highest BCUT2D eigenvalue weighted by Crippen LogP contribution is 2.05. The third-order valence-corrected chi connectivity index (χ3v) is 3.03. The number of nitrogens with one attached hydrogen (secondary N) is 1. The van der Waals surface area contributed by atoms with Crippen LogP contribution in [0.1, 0.15) is 28.2 Å². The molecule has 5 nitrogen and oxygen atoms in total. The monoisotopic (exact) mass is 287 g/mol. The van der Waals surface area contributed by atoms with Gasteiger partial charge in [0.25, 0.3) is 5.91 Å². The summed E-state index contributed by atoms with van der Waals surface area (Å²) in [6.07, 6.45) is 1.92. The van der Waals surface area contributed by atoms with Crippen molar-refractivity contribution in [1.29, 1.82) is 0 Å². The molecular formula is C14H13N3O2S. The topological polar surface area (TPSA) is 75.1 Å². The van der Waals surface area contributed by atoms with Crippen LogP contribution in [0, 0.1) is 11.8 Å². The van der Waals surface area contributed by atoms with Gasteiger partial charge in [-0.15, -0.1) is 11.3 Å². The summed E-state index contributed by atoms with van der Waals surface area (Å²) in [6.45, 7) is 0.362. The Hall–Kier alpha value is -2.23. The van der Waals surface area contributed by atoms with E-state index in [9.17, 15) is 4.79 Å². The van der Waals surface area contributed by atoms with Gasteiger partial charge >= 0.3 is 0 Å². The average Bonchev–Trinajstić information content (AvgIpc) is 2.99. The molecule has 2 rings (SSSR count). The van der Waals surface area contributed by atoms with Gasteiger partial charge in [-0.05, 0) is 12.1 Å². The normalized spacial score (nSPS) is 9.65. The van der Waals surface area contributed by atoms with Gasteiger partial charge in [-0.3, -0.25) is 4.79 Å². The number of thiazole rings is 1. The van der Waals surface area contributed by atoms with Gasteiger partial charge in [0, 0.05) is 18.0 Å². The number of carbonyl (C=O) groups excluding carboxylic acids is 1. The molecule has 0 saturated heterocycles. The van der Waals surface area contributed by atoms with E-state index in [1.165, 1.54) is 11.3 Å². The van der Waals surface area contributed by atoms with E-state index >= 15 is 0 Å². The largest absolute Gasteiger partial charge is 0.395 e. The molecular weight excluding hydrogens is 274 g/mol. The van der Waals surface area contributed by atoms with Crippen molar-refractivity contribution < 1.29 is 9.90 Å². The van der Waals surface area contributed by atoms with Crippen LogP contribution in [0.5, 0.6) is 0 Å². The predicted octanol–water partition coefficient (Wildman–Crippen LogP) is 1.20. The van der Waals surface area contributed by atoms with Crippen molar-refractivity contribution in [2.75, 3.05) is 6.61 Å². The van der Waals surface area contributed by atoms with E-state index < -0.39 is 0 Å². The zero-order valence-corrected chi connectivity index (χ0v) is 11.5. The molecule has 0 fully saturated rings. The Bertz CT molecular complexity index is 629. The molecule has 102 valence electrons. The van der Waals surface area contributed by atoms with Gasteiger partial charge < -0.3 is 10.4 Å². The zero-order valence-electron chi connectivity index (χ0n) is 10.7. The maximum atomic E-state index is 12.1. The van der Waals surface area contributed by atoms with Gasteiger partial charge in [-0.25, -0.2) is 9.97 Å². The van der Waals surface area contributed by atoms with Gasteiger partial charge in [-0.1, -0.05) is 11.8 Å². The summed E-state index contributed by atoms with van der Waals surface area (Å²) in [5, 5.41) is 13.3. The maximum absolute atomic E-state index is 12.1. The average molecular weight is 287 g/mol. The Morgan fingerprint density at radius 1 is 1.45 bits per heavy atom. The minimum atomic E-state index is -0.285. The van der Waals surface area contributed by atoms with E-state index in [1.54, 1.807) is 23.8 Å². The van der Waals surface area contributed by atoms with E-state index in [2.05, 4.69) is 27.1 Å². The van der Waals surface area contributed by atoms with E-state index in [0.29, 0.717) is 18.5 Å². The van der Waals surface area contributed by atoms with Crippen molar-refractivity contribution in [3.63, 3.8) is 0 Å². The summed E-state index contributed by atoms with van der Waals surface area (Å²) in [5.41, 5.74) is 3.37. The molecule has 0 atom stereocenters. The number of carbonyl (C=O) groups is 1. The lowest BCUT2D eigenvalue weighted by atomic mass is 10.2. The van der Waals surface area contributed by atoms with Gasteiger partial charge in [-0.2, -0.15) is 0 Å². The highest BCUT2D eigenvalue weighted by atomic mass is 32.1. The lowest BCUT2D eigenvalue weighted by Crippen LogP contribution is -2.24. The second-order valence-electron chi connectivity index (χ2n) is 3.84. The molecule has 0 saturated carbocycles. The Morgan fingerprint density at radius 3 is 3.10 bits per heavy atom. The summed E-state index contributed by atoms with van der Waals surface area (Å²) < 4.78 is 0. The number of hydrogen-bond donors (Lipinski definition) is 2. The highest BCUT2D eigenvalue weighted by Gasteiger charge is 2.11. The van der Waals surface area contributed by atoms with Crippen LogP contribution in [0.25, 0.3) is 0 Å². The molecule has 0 unspecified atom stereocenters. The number of amides is 1. The maximum Gasteiger partial charge on any atom is 0.271 e. The number of nitrogens with zero attached hydrogens (tertiary/aromatic N) is 2. The first kappa shape index (κ1) is 14.2. The van der Waals surface area contributed by atoms with Crippen LogP contribution >= 0.6 is 11.3 Å². The third-order valence-electron chi connectivity index (χ3n) is 2.40. The quantitative estimate of drug-likeness (QED) is 0.829. The van der Waals surface area contributed by atoms with Crippen molar-refractivity contribution in [2.24, 2.45) is 0 Å². The first-order valence-electron chi connectivity index (χ1n) is 6.01. The SMILES string of the molecule is O=C(NCc1cscn1)c1ncccc1C#CCCO. The lowest BCUT2D eigenvalue weighted by Gasteiger charge is -2.04. The molecule has 0 radical (unpaired) electrons. The molecule has 0 spiro atoms. The minimum Gasteiger partial charge on any atom is -0.395 e. The zero-order chi connectivity index (χ0) is 14.2. The van der Waals surface area contributed by atoms with Crippen LogP contribution in [0.3, 0.4) is 0 Å². The fraction of sp³-hybridized carbons (Fsp3) is 0.214. The molecule has 0 aromatic carbocycles. The Labute approximate surface area is 120 Å². The first-order chi connectivity index (χ1) is 9.81. The summed E-state index contributed by atoms with van der Waals surface area (Å²) in [5.74, 6) is 5.34. The summed E-state index contributed by atoms with van der Waals surface area (Å²) in [4.78, 5) is 20.2. The standard InChI is InChI=1S/C14H13N3O2S/c18-7-2-1-4-11-5-3-6-15-13(11)14(19)16-8-12-9-20-10-17-12/h3,5-6,9-10,18H,2,7-8H2,(H,16,19). The molecule has 2 aromatic heterocycles. The third kappa shape index (κ3) is 3.88. The van der Waals surface area contributed by atoms with Crippen LogP contribution in [0.15, 0.2) is 29.2 Å². The van der Waals surface area contributed by atoms with Crippen molar-refractivity contribution in [2.45, 2.75) is 13.0 Å². The van der Waals surface area contributed by atoms with E-state index in [1.807, 2.05) is 5.38 Å². The number of hydrogen-bond acceptors (Lipinski definition) is 5. The van der Waals surface area contributed by atoms with E-state index in [0.717, 1.165) is 5.69 Å². The summed E-state index contributed by atoms with van der Waals surface area (Å²) in [6, 6.07) is 3.45. The van der Waals surface area contributed by atoms with Crippen molar-refractivity contribution in [3.05, 3.63) is 46.2 Å². The van der Waals surface area contributed by atoms with Crippen LogP contribution in [0.4, 0.5) is 0 Å². The van der Waals surface area contributed by atoms with Gasteiger partial charge in [0.15, 0.2) is 0 Å². The molecule has 2 N–H and O–H groups in total. The fourth-order valence-corrected chi connectivity index (χ4v) is 2.04. The van der Waals surface area contributed by atoms with Gasteiger partial charge in [0.05, 0.1) is 29.9 Å². The summed E-state index contributed by atoms with van der Waals surface area (Å²) >= 11 is 1.48. The van der Waals surface area contributed by atoms with Gasteiger partial charge in [0.1, 0.15) is 5.69 Å². The van der Waals surface area contributed by atoms with Crippen LogP contribution < -0.4 is 5.32 Å². The molecule has 6 heteroatoms. The second kappa shape index (κ2) is 7.38. The van der Waals surface area contributed by atoms with Crippen molar-refractivity contribution >= 4 is 17.2 Å². The molecule has 0 aliphatic heterocycles. The van der Waals surface area contributed by atoms with Crippen LogP contribution in [-0.4, -0.2) is 27.6 Å². The number of aromatic nitrogens is 2. The summed E-state index contributed by atoms with van der Waals surface area (Å²) in [7, 11) is 0. The van der Waals surface area contributed by atoms with Crippen molar-refractivity contribution in [1.82, 2.24) is 15.3 Å². The van der Waals surface area contributed by atoms with E-state index in [-0.39, 0.29) is 18.2 Å². The van der Waals surface area contributed by atoms with Gasteiger partial charge in [0.2, 0.25) is 0 Å². The molecule has 2 aromatic rings. The van der Waals surface area contributed by atoms with Crippen molar-refractivity contribution in [3.8, 4) is 11.8 Å². The van der Waals surface area contributed by atoms with Crippen LogP contribution in [-0.2, 0) is 6.54 Å². The molecule has 1 amide bonds. The first-order valence-corrected chi connectivity index (χ1v) is 6.95. The molecule has 20 heavy (non-hydrogen) atoms. The number of aliphatic hydroxyl groups is 1. The highest BCUT2D eigenvalue weighted by molar-refractivity contribution is 7.07.